The lowest BCUT2D eigenvalue weighted by Gasteiger charge is -2.11. The molecule has 3 rings (SSSR count). The maximum Gasteiger partial charge on any atom is 0.308 e. The molecule has 0 fully saturated rings. The third-order valence-electron chi connectivity index (χ3n) is 4.19. The summed E-state index contributed by atoms with van der Waals surface area (Å²) in [7, 11) is 0. The Bertz CT molecular complexity index is 1060. The van der Waals surface area contributed by atoms with E-state index in [1.165, 1.54) is 19.1 Å². The Labute approximate surface area is 179 Å². The predicted molar refractivity (Wildman–Crippen MR) is 113 cm³/mol. The van der Waals surface area contributed by atoms with Crippen LogP contribution in [0.25, 0.3) is 11.3 Å². The largest absolute Gasteiger partial charge is 0.487 e. The Hall–Kier alpha value is -3.68. The van der Waals surface area contributed by atoms with E-state index in [0.717, 1.165) is 12.0 Å². The molecular formula is C23H23FN2O5. The van der Waals surface area contributed by atoms with Crippen LogP contribution in [0.2, 0.25) is 0 Å². The number of halogens is 1. The van der Waals surface area contributed by atoms with Gasteiger partial charge in [0.2, 0.25) is 0 Å². The van der Waals surface area contributed by atoms with Gasteiger partial charge in [0, 0.05) is 24.6 Å². The molecule has 0 atom stereocenters. The van der Waals surface area contributed by atoms with E-state index in [0.29, 0.717) is 40.8 Å². The second-order valence-electron chi connectivity index (χ2n) is 6.76. The minimum Gasteiger partial charge on any atom is -0.487 e. The molecule has 0 amide bonds. The number of carbonyl (C=O) groups excluding carboxylic acids is 1. The topological polar surface area (TPSA) is 83.1 Å². The molecule has 0 saturated heterocycles. The second-order valence-corrected chi connectivity index (χ2v) is 6.76. The fraction of sp³-hybridized carbons (Fsp3) is 0.261. The van der Waals surface area contributed by atoms with Crippen molar-refractivity contribution in [2.75, 3.05) is 13.2 Å². The zero-order chi connectivity index (χ0) is 22.2. The molecule has 7 nitrogen and oxygen atoms in total. The first-order valence-corrected chi connectivity index (χ1v) is 9.80. The maximum absolute atomic E-state index is 13.2. The highest BCUT2D eigenvalue weighted by Gasteiger charge is 2.16. The average molecular weight is 426 g/mol. The van der Waals surface area contributed by atoms with Gasteiger partial charge in [0.1, 0.15) is 36.2 Å². The molecule has 1 heterocycles. The quantitative estimate of drug-likeness (QED) is 0.159. The number of oxime groups is 1. The lowest BCUT2D eigenvalue weighted by Crippen LogP contribution is -2.14. The number of ether oxygens (including phenoxy) is 2. The molecule has 0 aliphatic heterocycles. The molecule has 0 aliphatic rings. The number of aromatic nitrogens is 1. The van der Waals surface area contributed by atoms with Gasteiger partial charge in [-0.25, -0.2) is 4.39 Å². The number of hydrogen-bond donors (Lipinski definition) is 0. The van der Waals surface area contributed by atoms with Gasteiger partial charge in [-0.15, -0.1) is 0 Å². The highest BCUT2D eigenvalue weighted by Crippen LogP contribution is 2.25. The molecule has 0 spiro atoms. The van der Waals surface area contributed by atoms with Gasteiger partial charge in [0.05, 0.1) is 0 Å². The van der Waals surface area contributed by atoms with E-state index in [-0.39, 0.29) is 12.4 Å². The summed E-state index contributed by atoms with van der Waals surface area (Å²) in [6.07, 6.45) is 0.790. The minimum absolute atomic E-state index is 0.0339. The monoisotopic (exact) mass is 426 g/mol. The van der Waals surface area contributed by atoms with Gasteiger partial charge in [-0.3, -0.25) is 4.79 Å². The van der Waals surface area contributed by atoms with Gasteiger partial charge in [0.25, 0.3) is 0 Å². The van der Waals surface area contributed by atoms with Crippen LogP contribution < -0.4 is 9.47 Å². The summed E-state index contributed by atoms with van der Waals surface area (Å²) < 4.78 is 29.6. The standard InChI is InChI=1S/C23H23FN2O5/c1-4-11-29-25-21(14-28-22-12-19(30-16(3)27)10-5-15(22)2)23-13-20(26-31-23)17-6-8-18(24)9-7-17/h5-10,12-13H,4,11,14H2,1-3H3. The van der Waals surface area contributed by atoms with E-state index < -0.39 is 5.97 Å². The van der Waals surface area contributed by atoms with Gasteiger partial charge < -0.3 is 18.8 Å². The number of hydrogen-bond acceptors (Lipinski definition) is 7. The molecule has 1 aromatic heterocycles. The van der Waals surface area contributed by atoms with Crippen LogP contribution >= 0.6 is 0 Å². The highest BCUT2D eigenvalue weighted by atomic mass is 19.1. The highest BCUT2D eigenvalue weighted by molar-refractivity contribution is 5.99. The van der Waals surface area contributed by atoms with Crippen LogP contribution in [0.4, 0.5) is 4.39 Å². The molecule has 0 bridgehead atoms. The van der Waals surface area contributed by atoms with Crippen molar-refractivity contribution in [1.82, 2.24) is 5.16 Å². The van der Waals surface area contributed by atoms with E-state index in [9.17, 15) is 9.18 Å². The van der Waals surface area contributed by atoms with Gasteiger partial charge in [-0.2, -0.15) is 0 Å². The Morgan fingerprint density at radius 2 is 1.94 bits per heavy atom. The SMILES string of the molecule is CCCON=C(COc1cc(OC(C)=O)ccc1C)c1cc(-c2ccc(F)cc2)no1. The molecule has 8 heteroatoms. The normalized spacial score (nSPS) is 11.3. The van der Waals surface area contributed by atoms with Crippen LogP contribution in [0, 0.1) is 12.7 Å². The van der Waals surface area contributed by atoms with Crippen LogP contribution in [0.5, 0.6) is 11.5 Å². The molecule has 2 aromatic carbocycles. The molecule has 0 N–H and O–H groups in total. The Kier molecular flexibility index (Phi) is 7.37. The summed E-state index contributed by atoms with van der Waals surface area (Å²) >= 11 is 0. The first-order chi connectivity index (χ1) is 15.0. The zero-order valence-electron chi connectivity index (χ0n) is 17.6. The Balaban J connectivity index is 1.80. The van der Waals surface area contributed by atoms with Crippen LogP contribution in [0.15, 0.2) is 58.2 Å². The summed E-state index contributed by atoms with van der Waals surface area (Å²) in [5.74, 6) is 0.527. The van der Waals surface area contributed by atoms with Crippen LogP contribution in [-0.2, 0) is 9.63 Å². The first kappa shape index (κ1) is 22.0. The fourth-order valence-corrected chi connectivity index (χ4v) is 2.64. The van der Waals surface area contributed by atoms with Crippen molar-refractivity contribution < 1.29 is 28.0 Å². The van der Waals surface area contributed by atoms with Crippen molar-refractivity contribution in [3.63, 3.8) is 0 Å². The summed E-state index contributed by atoms with van der Waals surface area (Å²) in [5, 5.41) is 8.17. The van der Waals surface area contributed by atoms with E-state index in [2.05, 4.69) is 10.3 Å². The van der Waals surface area contributed by atoms with E-state index in [4.69, 9.17) is 18.8 Å². The number of nitrogens with zero attached hydrogens (tertiary/aromatic N) is 2. The van der Waals surface area contributed by atoms with Crippen LogP contribution in [-0.4, -0.2) is 30.1 Å². The van der Waals surface area contributed by atoms with Gasteiger partial charge in [-0.1, -0.05) is 23.3 Å². The summed E-state index contributed by atoms with van der Waals surface area (Å²) in [5.41, 5.74) is 2.49. The van der Waals surface area contributed by atoms with Crippen molar-refractivity contribution in [2.45, 2.75) is 27.2 Å². The molecule has 31 heavy (non-hydrogen) atoms. The van der Waals surface area contributed by atoms with Gasteiger partial charge in [-0.05, 0) is 49.2 Å². The van der Waals surface area contributed by atoms with Crippen molar-refractivity contribution in [3.05, 3.63) is 65.7 Å². The van der Waals surface area contributed by atoms with Gasteiger partial charge in [0.15, 0.2) is 11.5 Å². The predicted octanol–water partition coefficient (Wildman–Crippen LogP) is 4.92. The average Bonchev–Trinajstić information content (AvgIpc) is 3.23. The second kappa shape index (κ2) is 10.4. The van der Waals surface area contributed by atoms with Crippen molar-refractivity contribution in [2.24, 2.45) is 5.16 Å². The van der Waals surface area contributed by atoms with E-state index >= 15 is 0 Å². The fourth-order valence-electron chi connectivity index (χ4n) is 2.64. The first-order valence-electron chi connectivity index (χ1n) is 9.80. The molecular weight excluding hydrogens is 403 g/mol. The molecule has 162 valence electrons. The molecule has 0 saturated carbocycles. The van der Waals surface area contributed by atoms with Crippen molar-refractivity contribution in [1.29, 1.82) is 0 Å². The summed E-state index contributed by atoms with van der Waals surface area (Å²) in [6.45, 7) is 5.64. The molecule has 3 aromatic rings. The number of aryl methyl sites for hydroxylation is 1. The lowest BCUT2D eigenvalue weighted by molar-refractivity contribution is -0.131. The van der Waals surface area contributed by atoms with E-state index in [1.54, 1.807) is 36.4 Å². The summed E-state index contributed by atoms with van der Waals surface area (Å²) in [4.78, 5) is 16.5. The van der Waals surface area contributed by atoms with Crippen LogP contribution in [0.3, 0.4) is 0 Å². The lowest BCUT2D eigenvalue weighted by atomic mass is 10.1. The number of rotatable bonds is 9. The Morgan fingerprint density at radius 3 is 2.65 bits per heavy atom. The third-order valence-corrected chi connectivity index (χ3v) is 4.19. The smallest absolute Gasteiger partial charge is 0.308 e. The number of carbonyl (C=O) groups is 1. The van der Waals surface area contributed by atoms with Crippen molar-refractivity contribution >= 4 is 11.7 Å². The summed E-state index contributed by atoms with van der Waals surface area (Å²) in [6, 6.07) is 12.7. The minimum atomic E-state index is -0.417. The zero-order valence-corrected chi connectivity index (χ0v) is 17.6. The van der Waals surface area contributed by atoms with Crippen LogP contribution in [0.1, 0.15) is 31.6 Å². The molecule has 0 radical (unpaired) electrons. The van der Waals surface area contributed by atoms with Gasteiger partial charge >= 0.3 is 5.97 Å². The molecule has 0 unspecified atom stereocenters. The van der Waals surface area contributed by atoms with E-state index in [1.807, 2.05) is 13.8 Å². The molecule has 0 aliphatic carbocycles. The number of esters is 1. The third kappa shape index (κ3) is 6.15. The Morgan fingerprint density at radius 1 is 1.16 bits per heavy atom. The number of benzene rings is 2. The maximum atomic E-state index is 13.2. The van der Waals surface area contributed by atoms with Crippen molar-refractivity contribution in [3.8, 4) is 22.8 Å².